The zero-order chi connectivity index (χ0) is 12.3. The number of nitrogens with zero attached hydrogens (tertiary/aromatic N) is 2. The zero-order valence-electron chi connectivity index (χ0n) is 9.21. The van der Waals surface area contributed by atoms with Crippen molar-refractivity contribution < 1.29 is 9.90 Å². The summed E-state index contributed by atoms with van der Waals surface area (Å²) < 4.78 is 1.57. The van der Waals surface area contributed by atoms with Gasteiger partial charge in [-0.15, -0.1) is 0 Å². The molecule has 1 aromatic heterocycles. The maximum absolute atomic E-state index is 10.6. The van der Waals surface area contributed by atoms with E-state index in [0.717, 1.165) is 11.1 Å². The van der Waals surface area contributed by atoms with Crippen LogP contribution in [0.15, 0.2) is 54.9 Å². The highest BCUT2D eigenvalue weighted by molar-refractivity contribution is 5.85. The van der Waals surface area contributed by atoms with E-state index in [-0.39, 0.29) is 12.1 Å². The van der Waals surface area contributed by atoms with E-state index in [1.807, 2.05) is 36.5 Å². The number of hydrogen-bond donors (Lipinski definition) is 1. The standard InChI is InChI=1S/C13H12N2O2/c1-10(13(16)17)8-15-9-12(7-14-15)11-5-3-2-4-6-11/h2-7,9H,1,8H2,(H,16,17). The normalized spacial score (nSPS) is 10.1. The number of carbonyl (C=O) groups is 1. The van der Waals surface area contributed by atoms with Crippen LogP contribution < -0.4 is 0 Å². The lowest BCUT2D eigenvalue weighted by Gasteiger charge is -2.00. The first kappa shape index (κ1) is 11.1. The van der Waals surface area contributed by atoms with Crippen molar-refractivity contribution in [2.24, 2.45) is 0 Å². The number of hydrogen-bond acceptors (Lipinski definition) is 2. The van der Waals surface area contributed by atoms with Crippen LogP contribution in [0.4, 0.5) is 0 Å². The van der Waals surface area contributed by atoms with Crippen molar-refractivity contribution in [3.63, 3.8) is 0 Å². The highest BCUT2D eigenvalue weighted by Gasteiger charge is 2.06. The molecule has 0 aliphatic heterocycles. The molecule has 4 heteroatoms. The monoisotopic (exact) mass is 228 g/mol. The van der Waals surface area contributed by atoms with Crippen molar-refractivity contribution in [2.75, 3.05) is 0 Å². The smallest absolute Gasteiger partial charge is 0.332 e. The van der Waals surface area contributed by atoms with E-state index >= 15 is 0 Å². The molecular formula is C13H12N2O2. The van der Waals surface area contributed by atoms with Gasteiger partial charge in [0.2, 0.25) is 0 Å². The second kappa shape index (κ2) is 4.65. The second-order valence-corrected chi connectivity index (χ2v) is 3.70. The fraction of sp³-hybridized carbons (Fsp3) is 0.0769. The Morgan fingerprint density at radius 3 is 2.65 bits per heavy atom. The van der Waals surface area contributed by atoms with Gasteiger partial charge in [-0.25, -0.2) is 4.79 Å². The van der Waals surface area contributed by atoms with E-state index in [0.29, 0.717) is 0 Å². The Balaban J connectivity index is 2.17. The van der Waals surface area contributed by atoms with E-state index in [2.05, 4.69) is 11.7 Å². The molecule has 0 atom stereocenters. The summed E-state index contributed by atoms with van der Waals surface area (Å²) >= 11 is 0. The molecule has 4 nitrogen and oxygen atoms in total. The lowest BCUT2D eigenvalue weighted by atomic mass is 10.1. The third-order valence-electron chi connectivity index (χ3n) is 2.40. The average molecular weight is 228 g/mol. The van der Waals surface area contributed by atoms with Crippen LogP contribution in [0.1, 0.15) is 0 Å². The van der Waals surface area contributed by atoms with Gasteiger partial charge in [0.05, 0.1) is 18.3 Å². The van der Waals surface area contributed by atoms with E-state index in [9.17, 15) is 4.79 Å². The van der Waals surface area contributed by atoms with Gasteiger partial charge in [0.25, 0.3) is 0 Å². The minimum Gasteiger partial charge on any atom is -0.478 e. The molecule has 0 radical (unpaired) electrons. The molecule has 1 heterocycles. The number of carboxylic acid groups (broad SMARTS) is 1. The van der Waals surface area contributed by atoms with Crippen molar-refractivity contribution >= 4 is 5.97 Å². The molecule has 2 aromatic rings. The molecule has 0 aliphatic carbocycles. The summed E-state index contributed by atoms with van der Waals surface area (Å²) in [4.78, 5) is 10.6. The fourth-order valence-electron chi connectivity index (χ4n) is 1.49. The molecule has 86 valence electrons. The Kier molecular flexibility index (Phi) is 3.05. The van der Waals surface area contributed by atoms with Crippen molar-refractivity contribution in [3.05, 3.63) is 54.9 Å². The highest BCUT2D eigenvalue weighted by Crippen LogP contribution is 2.17. The van der Waals surface area contributed by atoms with Crippen molar-refractivity contribution in [3.8, 4) is 11.1 Å². The lowest BCUT2D eigenvalue weighted by molar-refractivity contribution is -0.132. The minimum absolute atomic E-state index is 0.118. The summed E-state index contributed by atoms with van der Waals surface area (Å²) in [6.45, 7) is 3.67. The Morgan fingerprint density at radius 1 is 1.29 bits per heavy atom. The molecule has 0 amide bonds. The molecular weight excluding hydrogens is 216 g/mol. The quantitative estimate of drug-likeness (QED) is 0.816. The maximum atomic E-state index is 10.6. The van der Waals surface area contributed by atoms with Crippen LogP contribution in [0, 0.1) is 0 Å². The first-order valence-corrected chi connectivity index (χ1v) is 5.16. The summed E-state index contributed by atoms with van der Waals surface area (Å²) in [5.74, 6) is -0.998. The largest absolute Gasteiger partial charge is 0.478 e. The molecule has 0 bridgehead atoms. The van der Waals surface area contributed by atoms with E-state index < -0.39 is 5.97 Å². The van der Waals surface area contributed by atoms with Gasteiger partial charge in [-0.2, -0.15) is 5.10 Å². The third-order valence-corrected chi connectivity index (χ3v) is 2.40. The van der Waals surface area contributed by atoms with Crippen LogP contribution in [0.2, 0.25) is 0 Å². The topological polar surface area (TPSA) is 55.1 Å². The first-order chi connectivity index (χ1) is 8.16. The molecule has 17 heavy (non-hydrogen) atoms. The van der Waals surface area contributed by atoms with Crippen molar-refractivity contribution in [1.82, 2.24) is 9.78 Å². The molecule has 0 saturated carbocycles. The second-order valence-electron chi connectivity index (χ2n) is 3.70. The van der Waals surface area contributed by atoms with Gasteiger partial charge in [-0.05, 0) is 5.56 Å². The molecule has 0 fully saturated rings. The number of rotatable bonds is 4. The van der Waals surface area contributed by atoms with E-state index in [1.54, 1.807) is 10.9 Å². The summed E-state index contributed by atoms with van der Waals surface area (Å²) in [7, 11) is 0. The third kappa shape index (κ3) is 2.60. The SMILES string of the molecule is C=C(Cn1cc(-c2ccccc2)cn1)C(=O)O. The zero-order valence-corrected chi connectivity index (χ0v) is 9.21. The van der Waals surface area contributed by atoms with Gasteiger partial charge in [0.15, 0.2) is 0 Å². The maximum Gasteiger partial charge on any atom is 0.332 e. The molecule has 2 rings (SSSR count). The van der Waals surface area contributed by atoms with Crippen LogP contribution in [0.3, 0.4) is 0 Å². The highest BCUT2D eigenvalue weighted by atomic mass is 16.4. The van der Waals surface area contributed by atoms with Crippen LogP contribution in [0.25, 0.3) is 11.1 Å². The molecule has 1 aromatic carbocycles. The number of aromatic nitrogens is 2. The predicted molar refractivity (Wildman–Crippen MR) is 64.4 cm³/mol. The van der Waals surface area contributed by atoms with Gasteiger partial charge >= 0.3 is 5.97 Å². The Morgan fingerprint density at radius 2 is 2.00 bits per heavy atom. The van der Waals surface area contributed by atoms with Gasteiger partial charge in [0.1, 0.15) is 0 Å². The first-order valence-electron chi connectivity index (χ1n) is 5.16. The van der Waals surface area contributed by atoms with Crippen LogP contribution in [-0.2, 0) is 11.3 Å². The minimum atomic E-state index is -0.998. The molecule has 0 aliphatic rings. The summed E-state index contributed by atoms with van der Waals surface area (Å²) in [6, 6.07) is 9.80. The molecule has 0 unspecified atom stereocenters. The lowest BCUT2D eigenvalue weighted by Crippen LogP contribution is -2.08. The van der Waals surface area contributed by atoms with Crippen molar-refractivity contribution in [2.45, 2.75) is 6.54 Å². The Hall–Kier alpha value is -2.36. The fourth-order valence-corrected chi connectivity index (χ4v) is 1.49. The van der Waals surface area contributed by atoms with Crippen LogP contribution in [0.5, 0.6) is 0 Å². The van der Waals surface area contributed by atoms with Gasteiger partial charge in [0, 0.05) is 11.8 Å². The molecule has 1 N–H and O–H groups in total. The van der Waals surface area contributed by atoms with Gasteiger partial charge < -0.3 is 5.11 Å². The molecule has 0 saturated heterocycles. The summed E-state index contributed by atoms with van der Waals surface area (Å²) in [5, 5.41) is 12.8. The summed E-state index contributed by atoms with van der Waals surface area (Å²) in [5.41, 5.74) is 2.14. The number of aliphatic carboxylic acids is 1. The van der Waals surface area contributed by atoms with Gasteiger partial charge in [-0.1, -0.05) is 36.9 Å². The predicted octanol–water partition coefficient (Wildman–Crippen LogP) is 2.19. The number of benzene rings is 1. The van der Waals surface area contributed by atoms with Crippen molar-refractivity contribution in [1.29, 1.82) is 0 Å². The van der Waals surface area contributed by atoms with E-state index in [1.165, 1.54) is 0 Å². The average Bonchev–Trinajstić information content (AvgIpc) is 2.78. The Bertz CT molecular complexity index is 544. The van der Waals surface area contributed by atoms with Crippen LogP contribution in [-0.4, -0.2) is 20.9 Å². The van der Waals surface area contributed by atoms with Gasteiger partial charge in [-0.3, -0.25) is 4.68 Å². The summed E-state index contributed by atoms with van der Waals surface area (Å²) in [6.07, 6.45) is 3.52. The molecule has 0 spiro atoms. The van der Waals surface area contributed by atoms with E-state index in [4.69, 9.17) is 5.11 Å². The number of carboxylic acids is 1. The Labute approximate surface area is 98.8 Å². The van der Waals surface area contributed by atoms with Crippen LogP contribution >= 0.6 is 0 Å².